The number of anilines is 2. The van der Waals surface area contributed by atoms with Gasteiger partial charge in [-0.2, -0.15) is 0 Å². The Labute approximate surface area is 140 Å². The summed E-state index contributed by atoms with van der Waals surface area (Å²) in [5.74, 6) is 2.03. The van der Waals surface area contributed by atoms with E-state index in [0.717, 1.165) is 48.5 Å². The van der Waals surface area contributed by atoms with Crippen molar-refractivity contribution in [1.29, 1.82) is 0 Å². The van der Waals surface area contributed by atoms with Crippen molar-refractivity contribution in [3.8, 4) is 0 Å². The van der Waals surface area contributed by atoms with Gasteiger partial charge in [-0.05, 0) is 19.8 Å². The molecular weight excluding hydrogens is 310 g/mol. The standard InChI is InChI=1S/C16H21N5OS/c1-12-10-23-16(19-12)13-9-21(6-7-22-13)15-8-14(17-11-18-15)20-4-2-3-5-20/h8,10-11,13H,2-7,9H2,1H3/t13-/m0/s1. The molecule has 2 aromatic rings. The second-order valence-corrected chi connectivity index (χ2v) is 6.95. The van der Waals surface area contributed by atoms with E-state index < -0.39 is 0 Å². The van der Waals surface area contributed by atoms with Crippen molar-refractivity contribution in [1.82, 2.24) is 15.0 Å². The molecule has 2 aliphatic heterocycles. The third-order valence-electron chi connectivity index (χ3n) is 4.37. The first kappa shape index (κ1) is 14.8. The van der Waals surface area contributed by atoms with Gasteiger partial charge in [-0.15, -0.1) is 11.3 Å². The van der Waals surface area contributed by atoms with Crippen LogP contribution in [-0.2, 0) is 4.74 Å². The van der Waals surface area contributed by atoms with E-state index in [-0.39, 0.29) is 6.10 Å². The Morgan fingerprint density at radius 1 is 1.13 bits per heavy atom. The maximum atomic E-state index is 5.91. The van der Waals surface area contributed by atoms with E-state index in [2.05, 4.69) is 36.2 Å². The first-order chi connectivity index (χ1) is 11.3. The van der Waals surface area contributed by atoms with Crippen molar-refractivity contribution in [3.63, 3.8) is 0 Å². The summed E-state index contributed by atoms with van der Waals surface area (Å²) in [6.45, 7) is 6.57. The fourth-order valence-corrected chi connectivity index (χ4v) is 3.99. The minimum atomic E-state index is 0.0349. The van der Waals surface area contributed by atoms with Gasteiger partial charge in [0.1, 0.15) is 29.1 Å². The van der Waals surface area contributed by atoms with Gasteiger partial charge in [0.05, 0.1) is 13.2 Å². The van der Waals surface area contributed by atoms with Crippen LogP contribution in [0.4, 0.5) is 11.6 Å². The van der Waals surface area contributed by atoms with Crippen LogP contribution in [0.15, 0.2) is 17.8 Å². The highest BCUT2D eigenvalue weighted by Crippen LogP contribution is 2.28. The van der Waals surface area contributed by atoms with Crippen LogP contribution in [0.5, 0.6) is 0 Å². The molecule has 2 saturated heterocycles. The average molecular weight is 331 g/mol. The molecule has 4 heterocycles. The molecule has 0 bridgehead atoms. The molecule has 1 atom stereocenters. The number of morpholine rings is 1. The SMILES string of the molecule is Cc1csc([C@@H]2CN(c3cc(N4CCCC4)ncn3)CCO2)n1. The highest BCUT2D eigenvalue weighted by molar-refractivity contribution is 7.09. The van der Waals surface area contributed by atoms with Gasteiger partial charge in [0, 0.05) is 36.8 Å². The zero-order chi connectivity index (χ0) is 15.6. The molecule has 7 heteroatoms. The molecule has 0 saturated carbocycles. The number of aromatic nitrogens is 3. The van der Waals surface area contributed by atoms with E-state index in [1.165, 1.54) is 12.8 Å². The summed E-state index contributed by atoms with van der Waals surface area (Å²) in [6, 6.07) is 2.11. The summed E-state index contributed by atoms with van der Waals surface area (Å²) in [5, 5.41) is 3.13. The topological polar surface area (TPSA) is 54.4 Å². The number of hydrogen-bond donors (Lipinski definition) is 0. The van der Waals surface area contributed by atoms with Crippen LogP contribution in [0.25, 0.3) is 0 Å². The van der Waals surface area contributed by atoms with Gasteiger partial charge in [-0.25, -0.2) is 15.0 Å². The molecule has 0 N–H and O–H groups in total. The summed E-state index contributed by atoms with van der Waals surface area (Å²) in [6.07, 6.45) is 4.22. The van der Waals surface area contributed by atoms with E-state index in [0.29, 0.717) is 6.61 Å². The van der Waals surface area contributed by atoms with Crippen molar-refractivity contribution in [3.05, 3.63) is 28.5 Å². The minimum Gasteiger partial charge on any atom is -0.367 e. The van der Waals surface area contributed by atoms with Crippen LogP contribution in [0.2, 0.25) is 0 Å². The molecule has 0 radical (unpaired) electrons. The van der Waals surface area contributed by atoms with Crippen LogP contribution >= 0.6 is 11.3 Å². The van der Waals surface area contributed by atoms with Crippen LogP contribution in [0.3, 0.4) is 0 Å². The van der Waals surface area contributed by atoms with Gasteiger partial charge in [-0.3, -0.25) is 0 Å². The van der Waals surface area contributed by atoms with Crippen LogP contribution in [-0.4, -0.2) is 47.7 Å². The molecule has 2 aromatic heterocycles. The van der Waals surface area contributed by atoms with Crippen LogP contribution < -0.4 is 9.80 Å². The Balaban J connectivity index is 1.52. The van der Waals surface area contributed by atoms with Gasteiger partial charge in [0.25, 0.3) is 0 Å². The predicted molar refractivity (Wildman–Crippen MR) is 91.2 cm³/mol. The van der Waals surface area contributed by atoms with Crippen molar-refractivity contribution in [2.24, 2.45) is 0 Å². The Bertz CT molecular complexity index is 670. The van der Waals surface area contributed by atoms with Gasteiger partial charge in [0.2, 0.25) is 0 Å². The maximum Gasteiger partial charge on any atom is 0.134 e. The highest BCUT2D eigenvalue weighted by Gasteiger charge is 2.26. The third kappa shape index (κ3) is 3.16. The molecule has 2 fully saturated rings. The van der Waals surface area contributed by atoms with E-state index in [9.17, 15) is 0 Å². The second-order valence-electron chi connectivity index (χ2n) is 6.06. The van der Waals surface area contributed by atoms with Crippen molar-refractivity contribution >= 4 is 23.0 Å². The van der Waals surface area contributed by atoms with E-state index >= 15 is 0 Å². The van der Waals surface area contributed by atoms with E-state index in [1.54, 1.807) is 17.7 Å². The zero-order valence-electron chi connectivity index (χ0n) is 13.3. The lowest BCUT2D eigenvalue weighted by molar-refractivity contribution is 0.0393. The molecule has 0 aliphatic carbocycles. The monoisotopic (exact) mass is 331 g/mol. The summed E-state index contributed by atoms with van der Waals surface area (Å²) in [7, 11) is 0. The molecule has 6 nitrogen and oxygen atoms in total. The molecule has 23 heavy (non-hydrogen) atoms. The normalized spacial score (nSPS) is 21.9. The number of ether oxygens (including phenoxy) is 1. The van der Waals surface area contributed by atoms with E-state index in [4.69, 9.17) is 4.74 Å². The lowest BCUT2D eigenvalue weighted by Gasteiger charge is -2.33. The Hall–Kier alpha value is -1.73. The van der Waals surface area contributed by atoms with Gasteiger partial charge in [0.15, 0.2) is 0 Å². The van der Waals surface area contributed by atoms with E-state index in [1.807, 2.05) is 6.92 Å². The second kappa shape index (κ2) is 6.41. The van der Waals surface area contributed by atoms with Crippen molar-refractivity contribution < 1.29 is 4.74 Å². The summed E-state index contributed by atoms with van der Waals surface area (Å²) in [4.78, 5) is 18.1. The smallest absolute Gasteiger partial charge is 0.134 e. The van der Waals surface area contributed by atoms with Gasteiger partial charge in [-0.1, -0.05) is 0 Å². The maximum absolute atomic E-state index is 5.91. The summed E-state index contributed by atoms with van der Waals surface area (Å²) in [5.41, 5.74) is 1.06. The molecule has 122 valence electrons. The van der Waals surface area contributed by atoms with Gasteiger partial charge < -0.3 is 14.5 Å². The Morgan fingerprint density at radius 3 is 2.65 bits per heavy atom. The minimum absolute atomic E-state index is 0.0349. The van der Waals surface area contributed by atoms with Crippen molar-refractivity contribution in [2.45, 2.75) is 25.9 Å². The first-order valence-corrected chi connectivity index (χ1v) is 9.03. The molecule has 0 unspecified atom stereocenters. The number of thiazole rings is 1. The molecule has 4 rings (SSSR count). The summed E-state index contributed by atoms with van der Waals surface area (Å²) >= 11 is 1.67. The highest BCUT2D eigenvalue weighted by atomic mass is 32.1. The molecule has 0 amide bonds. The van der Waals surface area contributed by atoms with Crippen molar-refractivity contribution in [2.75, 3.05) is 42.6 Å². The number of rotatable bonds is 3. The van der Waals surface area contributed by atoms with Gasteiger partial charge >= 0.3 is 0 Å². The Kier molecular flexibility index (Phi) is 4.13. The lowest BCUT2D eigenvalue weighted by atomic mass is 10.2. The quantitative estimate of drug-likeness (QED) is 0.861. The first-order valence-electron chi connectivity index (χ1n) is 8.15. The lowest BCUT2D eigenvalue weighted by Crippen LogP contribution is -2.39. The number of aryl methyl sites for hydroxylation is 1. The fraction of sp³-hybridized carbons (Fsp3) is 0.562. The zero-order valence-corrected chi connectivity index (χ0v) is 14.1. The Morgan fingerprint density at radius 2 is 1.91 bits per heavy atom. The fourth-order valence-electron chi connectivity index (χ4n) is 3.16. The average Bonchev–Trinajstić information content (AvgIpc) is 3.27. The largest absolute Gasteiger partial charge is 0.367 e. The van der Waals surface area contributed by atoms with Crippen LogP contribution in [0, 0.1) is 6.92 Å². The number of hydrogen-bond acceptors (Lipinski definition) is 7. The molecular formula is C16H21N5OS. The van der Waals surface area contributed by atoms with Crippen LogP contribution in [0.1, 0.15) is 29.6 Å². The molecule has 2 aliphatic rings. The predicted octanol–water partition coefficient (Wildman–Crippen LogP) is 2.42. The molecule has 0 spiro atoms. The number of nitrogens with zero attached hydrogens (tertiary/aromatic N) is 5. The third-order valence-corrected chi connectivity index (χ3v) is 5.43. The summed E-state index contributed by atoms with van der Waals surface area (Å²) < 4.78 is 5.91. The molecule has 0 aromatic carbocycles.